The largest absolute Gasteiger partial charge is 0.493 e. The molecule has 31 heavy (non-hydrogen) atoms. The molecule has 1 atom stereocenters. The lowest BCUT2D eigenvalue weighted by Crippen LogP contribution is -2.22. The standard InChI is InChI=1S/C22H19IN4O4/c1-28-17-5-13(10-27-12-26-16-7-15(23)9-25-22(16)27)6-18-21(17)31-19(11-30-18)14-3-4-20(29-2)24-8-14/h3-9,12,19H,10-11H2,1-2H3. The molecule has 1 aromatic carbocycles. The van der Waals surface area contributed by atoms with Crippen LogP contribution in [0.1, 0.15) is 17.2 Å². The van der Waals surface area contributed by atoms with E-state index in [4.69, 9.17) is 18.9 Å². The number of hydrogen-bond acceptors (Lipinski definition) is 7. The predicted octanol–water partition coefficient (Wildman–Crippen LogP) is 4.01. The van der Waals surface area contributed by atoms with Crippen LogP contribution < -0.4 is 18.9 Å². The van der Waals surface area contributed by atoms with Crippen molar-refractivity contribution in [1.82, 2.24) is 19.5 Å². The summed E-state index contributed by atoms with van der Waals surface area (Å²) in [6.45, 7) is 0.963. The third-order valence-electron chi connectivity index (χ3n) is 5.07. The summed E-state index contributed by atoms with van der Waals surface area (Å²) < 4.78 is 26.1. The molecule has 0 spiro atoms. The second-order valence-electron chi connectivity index (χ2n) is 7.05. The number of hydrogen-bond donors (Lipinski definition) is 0. The maximum Gasteiger partial charge on any atom is 0.212 e. The van der Waals surface area contributed by atoms with Crippen LogP contribution in [0.5, 0.6) is 23.1 Å². The highest BCUT2D eigenvalue weighted by Crippen LogP contribution is 2.44. The van der Waals surface area contributed by atoms with Gasteiger partial charge in [-0.15, -0.1) is 0 Å². The summed E-state index contributed by atoms with van der Waals surface area (Å²) in [6.07, 6.45) is 5.08. The van der Waals surface area contributed by atoms with Gasteiger partial charge in [0.1, 0.15) is 12.1 Å². The first-order valence-electron chi connectivity index (χ1n) is 9.61. The first-order chi connectivity index (χ1) is 15.1. The first kappa shape index (κ1) is 19.9. The fourth-order valence-electron chi connectivity index (χ4n) is 3.54. The number of imidazole rings is 1. The molecule has 0 amide bonds. The Morgan fingerprint density at radius 1 is 1.10 bits per heavy atom. The van der Waals surface area contributed by atoms with Gasteiger partial charge in [0.05, 0.1) is 27.1 Å². The van der Waals surface area contributed by atoms with Gasteiger partial charge in [0.25, 0.3) is 0 Å². The Balaban J connectivity index is 1.42. The van der Waals surface area contributed by atoms with Gasteiger partial charge in [-0.1, -0.05) is 0 Å². The van der Waals surface area contributed by atoms with E-state index in [9.17, 15) is 0 Å². The number of ether oxygens (including phenoxy) is 4. The van der Waals surface area contributed by atoms with Crippen LogP contribution >= 0.6 is 22.6 Å². The fourth-order valence-corrected chi connectivity index (χ4v) is 3.98. The van der Waals surface area contributed by atoms with Crippen LogP contribution in [0.15, 0.2) is 49.1 Å². The van der Waals surface area contributed by atoms with E-state index in [1.807, 2.05) is 35.0 Å². The molecule has 1 aliphatic heterocycles. The summed E-state index contributed by atoms with van der Waals surface area (Å²) >= 11 is 2.23. The Bertz CT molecular complexity index is 1230. The van der Waals surface area contributed by atoms with Crippen LogP contribution in [-0.2, 0) is 6.54 Å². The van der Waals surface area contributed by atoms with Crippen molar-refractivity contribution in [1.29, 1.82) is 0 Å². The van der Waals surface area contributed by atoms with Gasteiger partial charge in [0.15, 0.2) is 23.3 Å². The van der Waals surface area contributed by atoms with Crippen molar-refractivity contribution in [2.24, 2.45) is 0 Å². The second-order valence-corrected chi connectivity index (χ2v) is 8.29. The first-order valence-corrected chi connectivity index (χ1v) is 10.7. The third-order valence-corrected chi connectivity index (χ3v) is 5.66. The van der Waals surface area contributed by atoms with Gasteiger partial charge in [0, 0.05) is 27.6 Å². The third kappa shape index (κ3) is 3.85. The highest BCUT2D eigenvalue weighted by molar-refractivity contribution is 14.1. The van der Waals surface area contributed by atoms with E-state index < -0.39 is 0 Å². The van der Waals surface area contributed by atoms with Crippen molar-refractivity contribution in [2.45, 2.75) is 12.6 Å². The van der Waals surface area contributed by atoms with E-state index in [-0.39, 0.29) is 6.10 Å². The average Bonchev–Trinajstić information content (AvgIpc) is 3.19. The van der Waals surface area contributed by atoms with Crippen LogP contribution in [0.4, 0.5) is 0 Å². The van der Waals surface area contributed by atoms with Crippen LogP contribution in [-0.4, -0.2) is 40.3 Å². The molecule has 1 aliphatic rings. The summed E-state index contributed by atoms with van der Waals surface area (Å²) in [5.74, 6) is 2.41. The minimum absolute atomic E-state index is 0.282. The van der Waals surface area contributed by atoms with Crippen molar-refractivity contribution in [3.63, 3.8) is 0 Å². The van der Waals surface area contributed by atoms with Crippen LogP contribution in [0.25, 0.3) is 11.2 Å². The maximum absolute atomic E-state index is 6.22. The monoisotopic (exact) mass is 530 g/mol. The normalized spacial score (nSPS) is 15.1. The number of rotatable bonds is 5. The summed E-state index contributed by atoms with van der Waals surface area (Å²) in [5, 5.41) is 0. The van der Waals surface area contributed by atoms with E-state index >= 15 is 0 Å². The summed E-state index contributed by atoms with van der Waals surface area (Å²) in [7, 11) is 3.21. The zero-order valence-electron chi connectivity index (χ0n) is 16.9. The number of nitrogens with zero attached hydrogens (tertiary/aromatic N) is 4. The van der Waals surface area contributed by atoms with Crippen molar-refractivity contribution in [3.8, 4) is 23.1 Å². The Kier molecular flexibility index (Phi) is 5.26. The van der Waals surface area contributed by atoms with Gasteiger partial charge in [-0.3, -0.25) is 0 Å². The second kappa shape index (κ2) is 8.22. The lowest BCUT2D eigenvalue weighted by atomic mass is 10.1. The molecule has 5 rings (SSSR count). The summed E-state index contributed by atoms with van der Waals surface area (Å²) in [4.78, 5) is 13.2. The molecule has 0 fully saturated rings. The zero-order valence-corrected chi connectivity index (χ0v) is 19.1. The molecule has 0 saturated heterocycles. The van der Waals surface area contributed by atoms with E-state index in [1.54, 1.807) is 32.8 Å². The quantitative estimate of drug-likeness (QED) is 0.361. The van der Waals surface area contributed by atoms with Gasteiger partial charge in [-0.2, -0.15) is 0 Å². The van der Waals surface area contributed by atoms with E-state index in [2.05, 4.69) is 37.5 Å². The lowest BCUT2D eigenvalue weighted by molar-refractivity contribution is 0.0867. The molecule has 0 bridgehead atoms. The minimum atomic E-state index is -0.282. The highest BCUT2D eigenvalue weighted by atomic mass is 127. The van der Waals surface area contributed by atoms with E-state index in [0.717, 1.165) is 25.9 Å². The topological polar surface area (TPSA) is 80.5 Å². The summed E-state index contributed by atoms with van der Waals surface area (Å²) in [5.41, 5.74) is 3.61. The SMILES string of the molecule is COc1ccc(C2COc3cc(Cn4cnc5cc(I)cnc54)cc(OC)c3O2)cn1. The number of aromatic nitrogens is 4. The average molecular weight is 530 g/mol. The number of benzene rings is 1. The van der Waals surface area contributed by atoms with Crippen molar-refractivity contribution in [3.05, 3.63) is 63.7 Å². The van der Waals surface area contributed by atoms with Gasteiger partial charge >= 0.3 is 0 Å². The molecule has 4 heterocycles. The molecule has 8 nitrogen and oxygen atoms in total. The van der Waals surface area contributed by atoms with E-state index in [1.165, 1.54) is 0 Å². The Morgan fingerprint density at radius 3 is 2.77 bits per heavy atom. The van der Waals surface area contributed by atoms with Crippen molar-refractivity contribution >= 4 is 33.8 Å². The van der Waals surface area contributed by atoms with Crippen molar-refractivity contribution in [2.75, 3.05) is 20.8 Å². The molecule has 0 radical (unpaired) electrons. The molecule has 3 aromatic heterocycles. The highest BCUT2D eigenvalue weighted by Gasteiger charge is 2.27. The van der Waals surface area contributed by atoms with Crippen LogP contribution in [0, 0.1) is 3.57 Å². The van der Waals surface area contributed by atoms with E-state index in [0.29, 0.717) is 36.3 Å². The summed E-state index contributed by atoms with van der Waals surface area (Å²) in [6, 6.07) is 9.66. The van der Waals surface area contributed by atoms with Gasteiger partial charge in [0.2, 0.25) is 11.6 Å². The molecule has 1 unspecified atom stereocenters. The number of fused-ring (bicyclic) bond motifs is 2. The molecule has 158 valence electrons. The van der Waals surface area contributed by atoms with Crippen LogP contribution in [0.3, 0.4) is 0 Å². The van der Waals surface area contributed by atoms with Gasteiger partial charge in [-0.05, 0) is 52.4 Å². The zero-order chi connectivity index (χ0) is 21.4. The Morgan fingerprint density at radius 2 is 2.00 bits per heavy atom. The molecule has 0 aliphatic carbocycles. The van der Waals surface area contributed by atoms with Crippen LogP contribution in [0.2, 0.25) is 0 Å². The predicted molar refractivity (Wildman–Crippen MR) is 122 cm³/mol. The number of halogens is 1. The molecular weight excluding hydrogens is 511 g/mol. The Hall–Kier alpha value is -3.08. The molecule has 0 saturated carbocycles. The molecule has 0 N–H and O–H groups in total. The van der Waals surface area contributed by atoms with Crippen molar-refractivity contribution < 1.29 is 18.9 Å². The minimum Gasteiger partial charge on any atom is -0.493 e. The lowest BCUT2D eigenvalue weighted by Gasteiger charge is -2.28. The van der Waals surface area contributed by atoms with Gasteiger partial charge in [-0.25, -0.2) is 15.0 Å². The fraction of sp³-hybridized carbons (Fsp3) is 0.227. The Labute approximate surface area is 192 Å². The molecule has 4 aromatic rings. The number of pyridine rings is 2. The smallest absolute Gasteiger partial charge is 0.212 e. The number of methoxy groups -OCH3 is 2. The molecular formula is C22H19IN4O4. The van der Waals surface area contributed by atoms with Gasteiger partial charge < -0.3 is 23.5 Å². The maximum atomic E-state index is 6.22. The molecule has 9 heteroatoms.